The van der Waals surface area contributed by atoms with E-state index in [2.05, 4.69) is 10.7 Å². The molecule has 0 bridgehead atoms. The minimum Gasteiger partial charge on any atom is -0.443 e. The highest BCUT2D eigenvalue weighted by atomic mass is 16.7. The summed E-state index contributed by atoms with van der Waals surface area (Å²) in [5.41, 5.74) is 3.33. The largest absolute Gasteiger partial charge is 0.443 e. The molecular weight excluding hydrogens is 338 g/mol. The quantitative estimate of drug-likeness (QED) is 0.544. The maximum Gasteiger partial charge on any atom is 0.426 e. The van der Waals surface area contributed by atoms with Crippen molar-refractivity contribution in [3.8, 4) is 0 Å². The van der Waals surface area contributed by atoms with Crippen LogP contribution in [-0.4, -0.2) is 50.2 Å². The fourth-order valence-electron chi connectivity index (χ4n) is 1.97. The van der Waals surface area contributed by atoms with Crippen LogP contribution >= 0.6 is 0 Å². The van der Waals surface area contributed by atoms with E-state index in [9.17, 15) is 9.59 Å². The molecule has 1 aromatic rings. The smallest absolute Gasteiger partial charge is 0.426 e. The molecule has 8 nitrogen and oxygen atoms in total. The number of carbonyl (C=O) groups excluding carboxylic acids is 2. The Kier molecular flexibility index (Phi) is 8.87. The van der Waals surface area contributed by atoms with Crippen molar-refractivity contribution in [1.29, 1.82) is 0 Å². The maximum absolute atomic E-state index is 12.4. The molecule has 0 aliphatic heterocycles. The molecule has 1 aromatic carbocycles. The molecule has 0 fully saturated rings. The van der Waals surface area contributed by atoms with Gasteiger partial charge in [-0.05, 0) is 18.4 Å². The SMILES string of the molecule is COC(C)(CNC(=O)N(CC(C)C)NC(=O)OCc1ccccc1)OC. The van der Waals surface area contributed by atoms with Gasteiger partial charge in [-0.25, -0.2) is 20.0 Å². The minimum absolute atomic E-state index is 0.119. The third-order valence-corrected chi connectivity index (χ3v) is 3.66. The predicted molar refractivity (Wildman–Crippen MR) is 97.1 cm³/mol. The van der Waals surface area contributed by atoms with Gasteiger partial charge in [0, 0.05) is 20.8 Å². The predicted octanol–water partition coefficient (Wildman–Crippen LogP) is 2.50. The first-order chi connectivity index (χ1) is 12.3. The lowest BCUT2D eigenvalue weighted by atomic mass is 10.2. The van der Waals surface area contributed by atoms with Gasteiger partial charge in [0.2, 0.25) is 0 Å². The van der Waals surface area contributed by atoms with Crippen molar-refractivity contribution in [2.24, 2.45) is 5.92 Å². The number of hydrogen-bond donors (Lipinski definition) is 2. The lowest BCUT2D eigenvalue weighted by Gasteiger charge is -2.29. The summed E-state index contributed by atoms with van der Waals surface area (Å²) in [5, 5.41) is 3.86. The first-order valence-corrected chi connectivity index (χ1v) is 8.42. The molecule has 26 heavy (non-hydrogen) atoms. The summed E-state index contributed by atoms with van der Waals surface area (Å²) < 4.78 is 15.6. The summed E-state index contributed by atoms with van der Waals surface area (Å²) in [6, 6.07) is 8.82. The van der Waals surface area contributed by atoms with Gasteiger partial charge in [0.05, 0.1) is 6.54 Å². The molecule has 0 unspecified atom stereocenters. The van der Waals surface area contributed by atoms with Crippen molar-refractivity contribution in [3.05, 3.63) is 35.9 Å². The molecule has 0 aromatic heterocycles. The average molecular weight is 367 g/mol. The Morgan fingerprint density at radius 1 is 1.15 bits per heavy atom. The highest BCUT2D eigenvalue weighted by Crippen LogP contribution is 2.08. The van der Waals surface area contributed by atoms with Crippen LogP contribution in [0.5, 0.6) is 0 Å². The number of nitrogens with one attached hydrogen (secondary N) is 2. The number of carbonyl (C=O) groups is 2. The van der Waals surface area contributed by atoms with Gasteiger partial charge in [0.15, 0.2) is 5.79 Å². The Labute approximate surface area is 154 Å². The fourth-order valence-corrected chi connectivity index (χ4v) is 1.97. The number of rotatable bonds is 8. The normalized spacial score (nSPS) is 11.2. The minimum atomic E-state index is -0.951. The first-order valence-electron chi connectivity index (χ1n) is 8.42. The molecule has 0 radical (unpaired) electrons. The second-order valence-corrected chi connectivity index (χ2v) is 6.38. The summed E-state index contributed by atoms with van der Waals surface area (Å²) in [7, 11) is 2.97. The standard InChI is InChI=1S/C18H29N3O5/c1-14(2)11-21(16(22)19-13-18(3,24-4)25-5)20-17(23)26-12-15-9-7-6-8-10-15/h6-10,14H,11-13H2,1-5H3,(H,19,22)(H,20,23). The van der Waals surface area contributed by atoms with E-state index in [-0.39, 0.29) is 19.1 Å². The van der Waals surface area contributed by atoms with E-state index in [4.69, 9.17) is 14.2 Å². The Morgan fingerprint density at radius 2 is 1.77 bits per heavy atom. The third-order valence-electron chi connectivity index (χ3n) is 3.66. The first kappa shape index (κ1) is 21.7. The zero-order valence-electron chi connectivity index (χ0n) is 16.1. The third kappa shape index (κ3) is 7.71. The Bertz CT molecular complexity index is 561. The molecule has 1 rings (SSSR count). The Morgan fingerprint density at radius 3 is 2.31 bits per heavy atom. The van der Waals surface area contributed by atoms with Crippen LogP contribution in [0.25, 0.3) is 0 Å². The molecule has 0 saturated heterocycles. The van der Waals surface area contributed by atoms with E-state index in [1.54, 1.807) is 6.92 Å². The number of amides is 3. The molecule has 0 spiro atoms. The highest BCUT2D eigenvalue weighted by molar-refractivity contribution is 5.77. The van der Waals surface area contributed by atoms with Crippen LogP contribution < -0.4 is 10.7 Å². The molecule has 0 saturated carbocycles. The molecular formula is C18H29N3O5. The summed E-state index contributed by atoms with van der Waals surface area (Å²) in [6.07, 6.45) is -0.703. The van der Waals surface area contributed by atoms with E-state index < -0.39 is 17.9 Å². The van der Waals surface area contributed by atoms with E-state index in [0.717, 1.165) is 5.56 Å². The number of benzene rings is 1. The van der Waals surface area contributed by atoms with Gasteiger partial charge in [0.25, 0.3) is 0 Å². The summed E-state index contributed by atoms with van der Waals surface area (Å²) >= 11 is 0. The van der Waals surface area contributed by atoms with Crippen LogP contribution in [0, 0.1) is 5.92 Å². The van der Waals surface area contributed by atoms with Gasteiger partial charge in [-0.3, -0.25) is 0 Å². The van der Waals surface area contributed by atoms with Crippen molar-refractivity contribution >= 4 is 12.1 Å². The van der Waals surface area contributed by atoms with Crippen LogP contribution in [0.1, 0.15) is 26.3 Å². The van der Waals surface area contributed by atoms with Gasteiger partial charge < -0.3 is 19.5 Å². The second kappa shape index (κ2) is 10.6. The van der Waals surface area contributed by atoms with Crippen molar-refractivity contribution in [2.45, 2.75) is 33.2 Å². The number of hydrogen-bond acceptors (Lipinski definition) is 5. The van der Waals surface area contributed by atoms with Gasteiger partial charge >= 0.3 is 12.1 Å². The van der Waals surface area contributed by atoms with Crippen LogP contribution in [0.2, 0.25) is 0 Å². The molecule has 0 heterocycles. The summed E-state index contributed by atoms with van der Waals surface area (Å²) in [4.78, 5) is 24.4. The second-order valence-electron chi connectivity index (χ2n) is 6.38. The van der Waals surface area contributed by atoms with E-state index in [1.807, 2.05) is 44.2 Å². The van der Waals surface area contributed by atoms with E-state index in [0.29, 0.717) is 6.54 Å². The van der Waals surface area contributed by atoms with Gasteiger partial charge in [-0.2, -0.15) is 0 Å². The van der Waals surface area contributed by atoms with Gasteiger partial charge in [0.1, 0.15) is 6.61 Å². The summed E-state index contributed by atoms with van der Waals surface area (Å²) in [5.74, 6) is -0.807. The number of urea groups is 1. The van der Waals surface area contributed by atoms with E-state index in [1.165, 1.54) is 19.2 Å². The monoisotopic (exact) mass is 367 g/mol. The zero-order valence-corrected chi connectivity index (χ0v) is 16.1. The Hall–Kier alpha value is -2.32. The summed E-state index contributed by atoms with van der Waals surface area (Å²) in [6.45, 7) is 6.13. The molecule has 0 atom stereocenters. The molecule has 0 aliphatic rings. The lowest BCUT2D eigenvalue weighted by Crippen LogP contribution is -2.55. The lowest BCUT2D eigenvalue weighted by molar-refractivity contribution is -0.188. The molecule has 0 aliphatic carbocycles. The zero-order chi connectivity index (χ0) is 19.6. The van der Waals surface area contributed by atoms with Crippen LogP contribution in [0.3, 0.4) is 0 Å². The maximum atomic E-state index is 12.4. The molecule has 3 amide bonds. The van der Waals surface area contributed by atoms with Crippen LogP contribution in [0.15, 0.2) is 30.3 Å². The van der Waals surface area contributed by atoms with Crippen LogP contribution in [0.4, 0.5) is 9.59 Å². The van der Waals surface area contributed by atoms with Crippen molar-refractivity contribution < 1.29 is 23.8 Å². The molecule has 2 N–H and O–H groups in total. The number of hydrazine groups is 1. The van der Waals surface area contributed by atoms with Crippen LogP contribution in [-0.2, 0) is 20.8 Å². The van der Waals surface area contributed by atoms with Crippen molar-refractivity contribution in [3.63, 3.8) is 0 Å². The van der Waals surface area contributed by atoms with Gasteiger partial charge in [-0.1, -0.05) is 44.2 Å². The molecule has 8 heteroatoms. The molecule has 146 valence electrons. The topological polar surface area (TPSA) is 89.1 Å². The highest BCUT2D eigenvalue weighted by Gasteiger charge is 2.26. The van der Waals surface area contributed by atoms with Crippen molar-refractivity contribution in [2.75, 3.05) is 27.3 Å². The van der Waals surface area contributed by atoms with E-state index >= 15 is 0 Å². The number of ether oxygens (including phenoxy) is 3. The van der Waals surface area contributed by atoms with Gasteiger partial charge in [-0.15, -0.1) is 0 Å². The number of nitrogens with zero attached hydrogens (tertiary/aromatic N) is 1. The van der Waals surface area contributed by atoms with Crippen molar-refractivity contribution in [1.82, 2.24) is 15.8 Å². The average Bonchev–Trinajstić information content (AvgIpc) is 2.64. The number of methoxy groups -OCH3 is 2. The Balaban J connectivity index is 2.58. The fraction of sp³-hybridized carbons (Fsp3) is 0.556.